The molecule has 3 amide bonds. The van der Waals surface area contributed by atoms with E-state index in [0.717, 1.165) is 70.0 Å². The van der Waals surface area contributed by atoms with Crippen LogP contribution in [-0.4, -0.2) is 106 Å². The molecule has 0 radical (unpaired) electrons. The number of aromatic nitrogens is 2. The van der Waals surface area contributed by atoms with Gasteiger partial charge in [0.05, 0.1) is 11.9 Å². The van der Waals surface area contributed by atoms with Gasteiger partial charge in [0.15, 0.2) is 0 Å². The summed E-state index contributed by atoms with van der Waals surface area (Å²) in [6.07, 6.45) is 3.32. The van der Waals surface area contributed by atoms with Crippen molar-refractivity contribution < 1.29 is 14.4 Å². The van der Waals surface area contributed by atoms with E-state index in [0.29, 0.717) is 28.9 Å². The van der Waals surface area contributed by atoms with Crippen LogP contribution in [-0.2, 0) is 36.3 Å². The predicted molar refractivity (Wildman–Crippen MR) is 189 cm³/mol. The number of fused-ring (bicyclic) bond motifs is 1. The highest BCUT2D eigenvalue weighted by Crippen LogP contribution is 2.31. The molecule has 1 unspecified atom stereocenters. The first-order chi connectivity index (χ1) is 23.6. The van der Waals surface area contributed by atoms with Crippen molar-refractivity contribution in [3.05, 3.63) is 91.3 Å². The molecule has 12 nitrogen and oxygen atoms in total. The Bertz CT molecular complexity index is 1810. The van der Waals surface area contributed by atoms with E-state index < -0.39 is 6.04 Å². The van der Waals surface area contributed by atoms with Crippen molar-refractivity contribution in [2.45, 2.75) is 56.9 Å². The molecule has 0 aliphatic carbocycles. The molecule has 3 saturated heterocycles. The van der Waals surface area contributed by atoms with Crippen LogP contribution in [0.25, 0.3) is 0 Å². The number of likely N-dealkylation sites (tertiary alicyclic amines) is 1. The summed E-state index contributed by atoms with van der Waals surface area (Å²) >= 11 is 3.44. The third-order valence-electron chi connectivity index (χ3n) is 10.4. The van der Waals surface area contributed by atoms with E-state index in [9.17, 15) is 19.2 Å². The Hall–Kier alpha value is -3.91. The van der Waals surface area contributed by atoms with E-state index in [1.807, 2.05) is 12.1 Å². The van der Waals surface area contributed by atoms with Crippen molar-refractivity contribution in [1.82, 2.24) is 34.7 Å². The maximum absolute atomic E-state index is 13.1. The van der Waals surface area contributed by atoms with Crippen LogP contribution in [0.4, 0.5) is 5.69 Å². The van der Waals surface area contributed by atoms with Gasteiger partial charge in [0.1, 0.15) is 10.5 Å². The first-order valence-electron chi connectivity index (χ1n) is 17.1. The van der Waals surface area contributed by atoms with Crippen LogP contribution in [0.5, 0.6) is 0 Å². The van der Waals surface area contributed by atoms with E-state index in [2.05, 4.69) is 83.7 Å². The lowest BCUT2D eigenvalue weighted by Gasteiger charge is -2.37. The number of rotatable bonds is 8. The number of piperazine rings is 1. The molecule has 0 spiro atoms. The van der Waals surface area contributed by atoms with Crippen LogP contribution in [0, 0.1) is 0 Å². The lowest BCUT2D eigenvalue weighted by Crippen LogP contribution is -2.52. The van der Waals surface area contributed by atoms with Gasteiger partial charge in [-0.3, -0.25) is 34.3 Å². The normalized spacial score (nSPS) is 23.9. The molecule has 49 heavy (non-hydrogen) atoms. The number of piperidine rings is 2. The molecule has 2 aromatic carbocycles. The number of nitrogens with zero attached hydrogens (tertiary/aromatic N) is 6. The summed E-state index contributed by atoms with van der Waals surface area (Å²) in [5.41, 5.74) is 6.02. The maximum atomic E-state index is 13.1. The number of hydrogen-bond donors (Lipinski definition) is 2. The molecule has 13 heteroatoms. The van der Waals surface area contributed by atoms with E-state index in [1.54, 1.807) is 18.1 Å². The number of imide groups is 1. The number of hydrogen-bond acceptors (Lipinski definition) is 9. The van der Waals surface area contributed by atoms with Crippen molar-refractivity contribution in [3.63, 3.8) is 0 Å². The Morgan fingerprint density at radius 2 is 1.61 bits per heavy atom. The minimum Gasteiger partial charge on any atom is -0.379 e. The molecular weight excluding hydrogens is 688 g/mol. The van der Waals surface area contributed by atoms with Crippen molar-refractivity contribution in [3.8, 4) is 0 Å². The van der Waals surface area contributed by atoms with Crippen LogP contribution in [0.2, 0.25) is 0 Å². The fourth-order valence-corrected chi connectivity index (χ4v) is 8.21. The number of aryl methyl sites for hydroxylation is 1. The molecule has 3 aromatic rings. The van der Waals surface area contributed by atoms with E-state index in [-0.39, 0.29) is 35.7 Å². The second-order valence-corrected chi connectivity index (χ2v) is 14.8. The molecule has 4 aliphatic heterocycles. The van der Waals surface area contributed by atoms with Gasteiger partial charge in [0.25, 0.3) is 11.5 Å². The summed E-state index contributed by atoms with van der Waals surface area (Å²) in [7, 11) is 3.80. The zero-order valence-electron chi connectivity index (χ0n) is 28.0. The quantitative estimate of drug-likeness (QED) is 0.337. The van der Waals surface area contributed by atoms with E-state index in [4.69, 9.17) is 0 Å². The van der Waals surface area contributed by atoms with Gasteiger partial charge >= 0.3 is 0 Å². The third kappa shape index (κ3) is 7.35. The summed E-state index contributed by atoms with van der Waals surface area (Å²) in [6, 6.07) is 14.7. The molecule has 258 valence electrons. The number of likely N-dealkylation sites (N-methyl/N-ethyl adjacent to an activating group) is 1. The Labute approximate surface area is 294 Å². The lowest BCUT2D eigenvalue weighted by atomic mass is 9.87. The summed E-state index contributed by atoms with van der Waals surface area (Å²) in [6.45, 7) is 7.96. The van der Waals surface area contributed by atoms with Crippen LogP contribution in [0.3, 0.4) is 0 Å². The first-order valence-corrected chi connectivity index (χ1v) is 17.9. The fraction of sp³-hybridized carbons (Fsp3) is 0.472. The van der Waals surface area contributed by atoms with Gasteiger partial charge in [-0.05, 0) is 70.1 Å². The van der Waals surface area contributed by atoms with Gasteiger partial charge in [-0.25, -0.2) is 4.68 Å². The van der Waals surface area contributed by atoms with Gasteiger partial charge < -0.3 is 15.1 Å². The highest BCUT2D eigenvalue weighted by molar-refractivity contribution is 9.10. The van der Waals surface area contributed by atoms with Crippen LogP contribution >= 0.6 is 15.9 Å². The molecular formula is C36H43BrN8O4. The number of anilines is 1. The molecule has 2 N–H and O–H groups in total. The number of amides is 3. The highest BCUT2D eigenvalue weighted by Gasteiger charge is 2.39. The second-order valence-electron chi connectivity index (χ2n) is 14.0. The van der Waals surface area contributed by atoms with Gasteiger partial charge in [0, 0.05) is 84.0 Å². The monoisotopic (exact) mass is 730 g/mol. The first kappa shape index (κ1) is 33.6. The average Bonchev–Trinajstić information content (AvgIpc) is 3.41. The fourth-order valence-electron chi connectivity index (χ4n) is 7.74. The average molecular weight is 732 g/mol. The third-order valence-corrected chi connectivity index (χ3v) is 11.2. The lowest BCUT2D eigenvalue weighted by molar-refractivity contribution is -0.136. The summed E-state index contributed by atoms with van der Waals surface area (Å²) in [4.78, 5) is 58.3. The SMILES string of the molecule is CN1C[C@H](Nc2cnn(C)c(=O)c2Br)C[C@H](c2ccc(CN3CCN(Cc4ccc5c(c4)CN(C4CCC(=O)NC4=O)C5=O)CC3)cc2)C1. The van der Waals surface area contributed by atoms with Crippen molar-refractivity contribution in [1.29, 1.82) is 0 Å². The van der Waals surface area contributed by atoms with Crippen LogP contribution in [0.1, 0.15) is 57.8 Å². The number of carbonyl (C=O) groups is 3. The Balaban J connectivity index is 0.893. The molecule has 4 aliphatic rings. The largest absolute Gasteiger partial charge is 0.379 e. The zero-order chi connectivity index (χ0) is 34.2. The molecule has 3 atom stereocenters. The minimum atomic E-state index is -0.589. The van der Waals surface area contributed by atoms with Crippen LogP contribution < -0.4 is 16.2 Å². The summed E-state index contributed by atoms with van der Waals surface area (Å²) < 4.78 is 1.84. The van der Waals surface area contributed by atoms with Gasteiger partial charge in [0.2, 0.25) is 11.8 Å². The number of halogens is 1. The smallest absolute Gasteiger partial charge is 0.282 e. The molecule has 0 saturated carbocycles. The van der Waals surface area contributed by atoms with Crippen molar-refractivity contribution in [2.75, 3.05) is 51.6 Å². The Morgan fingerprint density at radius 1 is 0.918 bits per heavy atom. The Morgan fingerprint density at radius 3 is 2.33 bits per heavy atom. The number of carbonyl (C=O) groups excluding carboxylic acids is 3. The van der Waals surface area contributed by atoms with Gasteiger partial charge in [-0.2, -0.15) is 5.10 Å². The molecule has 3 fully saturated rings. The van der Waals surface area contributed by atoms with Gasteiger partial charge in [-0.1, -0.05) is 36.4 Å². The van der Waals surface area contributed by atoms with Crippen molar-refractivity contribution in [2.24, 2.45) is 7.05 Å². The summed E-state index contributed by atoms with van der Waals surface area (Å²) in [5, 5.41) is 10.1. The van der Waals surface area contributed by atoms with E-state index >= 15 is 0 Å². The maximum Gasteiger partial charge on any atom is 0.282 e. The topological polar surface area (TPSA) is 123 Å². The molecule has 1 aromatic heterocycles. The van der Waals surface area contributed by atoms with Gasteiger partial charge in [-0.15, -0.1) is 0 Å². The summed E-state index contributed by atoms with van der Waals surface area (Å²) in [5.74, 6) is -0.390. The minimum absolute atomic E-state index is 0.131. The molecule has 7 rings (SSSR count). The zero-order valence-corrected chi connectivity index (χ0v) is 29.6. The molecule has 0 bridgehead atoms. The van der Waals surface area contributed by atoms with Crippen LogP contribution in [0.15, 0.2) is 57.9 Å². The Kier molecular flexibility index (Phi) is 9.69. The predicted octanol–water partition coefficient (Wildman–Crippen LogP) is 2.52. The number of nitrogens with one attached hydrogen (secondary N) is 2. The van der Waals surface area contributed by atoms with Crippen molar-refractivity contribution >= 4 is 39.3 Å². The van der Waals surface area contributed by atoms with E-state index in [1.165, 1.54) is 21.4 Å². The highest BCUT2D eigenvalue weighted by atomic mass is 79.9. The molecule has 5 heterocycles. The standard InChI is InChI=1S/C36H43BrN8O4/c1-41-20-26(16-28(22-41)39-30-17-38-42(2)36(49)33(30)37)25-6-3-23(4-7-25)18-43-11-13-44(14-12-43)19-24-5-8-29-27(15-24)21-45(35(29)48)31-9-10-32(46)40-34(31)47/h3-8,15,17,26,28,31,39H,9-14,16,18-22H2,1-2H3,(H,40,46,47)/t26-,28+,31?/m0/s1. The number of benzene rings is 2. The second kappa shape index (κ2) is 14.1.